The van der Waals surface area contributed by atoms with Gasteiger partial charge in [0.15, 0.2) is 9.84 Å². The van der Waals surface area contributed by atoms with E-state index in [-0.39, 0.29) is 35.1 Å². The summed E-state index contributed by atoms with van der Waals surface area (Å²) in [6.45, 7) is 1.93. The third-order valence-electron chi connectivity index (χ3n) is 2.50. The number of ether oxygens (including phenoxy) is 1. The summed E-state index contributed by atoms with van der Waals surface area (Å²) < 4.78 is 27.6. The lowest BCUT2D eigenvalue weighted by atomic mass is 10.2. The van der Waals surface area contributed by atoms with Gasteiger partial charge in [0.2, 0.25) is 5.91 Å². The van der Waals surface area contributed by atoms with E-state index in [2.05, 4.69) is 5.32 Å². The number of carbonyl (C=O) groups excluding carboxylic acids is 2. The van der Waals surface area contributed by atoms with Crippen molar-refractivity contribution in [1.29, 1.82) is 0 Å². The van der Waals surface area contributed by atoms with Crippen LogP contribution in [0.2, 0.25) is 5.02 Å². The summed E-state index contributed by atoms with van der Waals surface area (Å²) >= 11 is 5.90. The van der Waals surface area contributed by atoms with Gasteiger partial charge in [-0.3, -0.25) is 9.59 Å². The Morgan fingerprint density at radius 1 is 1.29 bits per heavy atom. The Morgan fingerprint density at radius 3 is 2.52 bits per heavy atom. The number of nitrogens with one attached hydrogen (secondary N) is 1. The van der Waals surface area contributed by atoms with Crippen LogP contribution in [0.5, 0.6) is 0 Å². The van der Waals surface area contributed by atoms with E-state index in [1.54, 1.807) is 6.92 Å². The van der Waals surface area contributed by atoms with Gasteiger partial charge in [-0.2, -0.15) is 0 Å². The van der Waals surface area contributed by atoms with E-state index in [0.717, 1.165) is 6.26 Å². The normalized spacial score (nSPS) is 11.0. The quantitative estimate of drug-likeness (QED) is 0.804. The van der Waals surface area contributed by atoms with Gasteiger partial charge in [-0.15, -0.1) is 0 Å². The molecule has 8 heteroatoms. The zero-order valence-electron chi connectivity index (χ0n) is 11.7. The Balaban J connectivity index is 2.74. The Bertz CT molecular complexity index is 642. The number of anilines is 1. The highest BCUT2D eigenvalue weighted by molar-refractivity contribution is 7.90. The number of sulfone groups is 1. The Labute approximate surface area is 128 Å². The second kappa shape index (κ2) is 7.42. The Hall–Kier alpha value is -1.60. The topological polar surface area (TPSA) is 89.5 Å². The lowest BCUT2D eigenvalue weighted by Crippen LogP contribution is -2.15. The summed E-state index contributed by atoms with van der Waals surface area (Å²) in [5.41, 5.74) is 0.188. The van der Waals surface area contributed by atoms with Crippen molar-refractivity contribution >= 4 is 39.0 Å². The highest BCUT2D eigenvalue weighted by Gasteiger charge is 2.13. The summed E-state index contributed by atoms with van der Waals surface area (Å²) in [6, 6.07) is 4.02. The van der Waals surface area contributed by atoms with Crippen LogP contribution < -0.4 is 5.32 Å². The van der Waals surface area contributed by atoms with E-state index in [4.69, 9.17) is 16.3 Å². The fraction of sp³-hybridized carbons (Fsp3) is 0.385. The minimum atomic E-state index is -3.39. The molecule has 0 bridgehead atoms. The van der Waals surface area contributed by atoms with Crippen molar-refractivity contribution in [3.63, 3.8) is 0 Å². The van der Waals surface area contributed by atoms with Gasteiger partial charge in [-0.1, -0.05) is 11.6 Å². The predicted molar refractivity (Wildman–Crippen MR) is 79.1 cm³/mol. The molecule has 1 aromatic rings. The van der Waals surface area contributed by atoms with Crippen LogP contribution >= 0.6 is 11.6 Å². The maximum Gasteiger partial charge on any atom is 0.306 e. The molecule has 0 heterocycles. The molecule has 21 heavy (non-hydrogen) atoms. The first-order valence-electron chi connectivity index (χ1n) is 6.19. The van der Waals surface area contributed by atoms with Crippen molar-refractivity contribution in [2.45, 2.75) is 24.7 Å². The minimum absolute atomic E-state index is 0.0487. The van der Waals surface area contributed by atoms with E-state index >= 15 is 0 Å². The van der Waals surface area contributed by atoms with Gasteiger partial charge in [-0.05, 0) is 25.1 Å². The zero-order valence-corrected chi connectivity index (χ0v) is 13.3. The number of esters is 1. The molecule has 0 unspecified atom stereocenters. The standard InChI is InChI=1S/C13H16ClNO5S/c1-3-20-13(17)7-6-12(16)15-11-8-9(21(2,18)19)4-5-10(11)14/h4-5,8H,3,6-7H2,1-2H3,(H,15,16). The number of rotatable bonds is 6. The summed E-state index contributed by atoms with van der Waals surface area (Å²) in [7, 11) is -3.39. The smallest absolute Gasteiger partial charge is 0.306 e. The SMILES string of the molecule is CCOC(=O)CCC(=O)Nc1cc(S(C)(=O)=O)ccc1Cl. The number of hydrogen-bond donors (Lipinski definition) is 1. The highest BCUT2D eigenvalue weighted by Crippen LogP contribution is 2.25. The molecule has 0 saturated carbocycles. The molecule has 0 aliphatic carbocycles. The molecule has 1 N–H and O–H groups in total. The molecular weight excluding hydrogens is 318 g/mol. The number of hydrogen-bond acceptors (Lipinski definition) is 5. The van der Waals surface area contributed by atoms with Gasteiger partial charge in [0.25, 0.3) is 0 Å². The zero-order chi connectivity index (χ0) is 16.0. The molecule has 0 spiro atoms. The van der Waals surface area contributed by atoms with Crippen molar-refractivity contribution in [3.8, 4) is 0 Å². The predicted octanol–water partition coefficient (Wildman–Crippen LogP) is 2.03. The average Bonchev–Trinajstić information content (AvgIpc) is 2.38. The molecule has 0 fully saturated rings. The molecule has 0 aliphatic heterocycles. The van der Waals surface area contributed by atoms with Gasteiger partial charge in [0.05, 0.1) is 28.6 Å². The van der Waals surface area contributed by atoms with Crippen molar-refractivity contribution < 1.29 is 22.7 Å². The van der Waals surface area contributed by atoms with E-state index in [1.807, 2.05) is 0 Å². The van der Waals surface area contributed by atoms with E-state index in [9.17, 15) is 18.0 Å². The fourth-order valence-electron chi connectivity index (χ4n) is 1.49. The van der Waals surface area contributed by atoms with Crippen molar-refractivity contribution in [2.75, 3.05) is 18.2 Å². The molecule has 1 amide bonds. The van der Waals surface area contributed by atoms with Gasteiger partial charge in [0, 0.05) is 12.7 Å². The molecule has 1 rings (SSSR count). The first kappa shape index (κ1) is 17.5. The van der Waals surface area contributed by atoms with E-state index in [1.165, 1.54) is 18.2 Å². The number of amides is 1. The summed E-state index contributed by atoms with van der Waals surface area (Å²) in [5, 5.41) is 2.69. The molecule has 6 nitrogen and oxygen atoms in total. The first-order valence-corrected chi connectivity index (χ1v) is 8.46. The van der Waals surface area contributed by atoms with Crippen LogP contribution in [-0.2, 0) is 24.2 Å². The monoisotopic (exact) mass is 333 g/mol. The maximum atomic E-state index is 11.7. The van der Waals surface area contributed by atoms with Crippen molar-refractivity contribution in [1.82, 2.24) is 0 Å². The van der Waals surface area contributed by atoms with Crippen LogP contribution in [0.1, 0.15) is 19.8 Å². The lowest BCUT2D eigenvalue weighted by Gasteiger charge is -2.09. The first-order chi connectivity index (χ1) is 9.74. The van der Waals surface area contributed by atoms with Gasteiger partial charge >= 0.3 is 5.97 Å². The second-order valence-corrected chi connectivity index (χ2v) is 6.69. The highest BCUT2D eigenvalue weighted by atomic mass is 35.5. The van der Waals surface area contributed by atoms with E-state index < -0.39 is 21.7 Å². The molecule has 0 aliphatic rings. The Morgan fingerprint density at radius 2 is 1.95 bits per heavy atom. The number of halogens is 1. The number of carbonyl (C=O) groups is 2. The average molecular weight is 334 g/mol. The molecule has 1 aromatic carbocycles. The summed E-state index contributed by atoms with van der Waals surface area (Å²) in [4.78, 5) is 22.9. The lowest BCUT2D eigenvalue weighted by molar-refractivity contribution is -0.144. The van der Waals surface area contributed by atoms with Crippen molar-refractivity contribution in [3.05, 3.63) is 23.2 Å². The second-order valence-electron chi connectivity index (χ2n) is 4.27. The molecule has 116 valence electrons. The van der Waals surface area contributed by atoms with Gasteiger partial charge < -0.3 is 10.1 Å². The van der Waals surface area contributed by atoms with Crippen LogP contribution in [0, 0.1) is 0 Å². The van der Waals surface area contributed by atoms with E-state index in [0.29, 0.717) is 0 Å². The molecular formula is C13H16ClNO5S. The van der Waals surface area contributed by atoms with Crippen LogP contribution in [0.15, 0.2) is 23.1 Å². The van der Waals surface area contributed by atoms with Gasteiger partial charge in [-0.25, -0.2) is 8.42 Å². The van der Waals surface area contributed by atoms with Gasteiger partial charge in [0.1, 0.15) is 0 Å². The van der Waals surface area contributed by atoms with Crippen molar-refractivity contribution in [2.24, 2.45) is 0 Å². The molecule has 0 saturated heterocycles. The summed E-state index contributed by atoms with van der Waals surface area (Å²) in [6.07, 6.45) is 0.934. The third-order valence-corrected chi connectivity index (χ3v) is 3.94. The fourth-order valence-corrected chi connectivity index (χ4v) is 2.30. The van der Waals surface area contributed by atoms with Crippen LogP contribution in [0.3, 0.4) is 0 Å². The minimum Gasteiger partial charge on any atom is -0.466 e. The molecule has 0 radical (unpaired) electrons. The third kappa shape index (κ3) is 5.73. The van der Waals surface area contributed by atoms with Crippen LogP contribution in [0.4, 0.5) is 5.69 Å². The van der Waals surface area contributed by atoms with Crippen LogP contribution in [-0.4, -0.2) is 33.2 Å². The molecule has 0 atom stereocenters. The van der Waals surface area contributed by atoms with Crippen LogP contribution in [0.25, 0.3) is 0 Å². The largest absolute Gasteiger partial charge is 0.466 e. The maximum absolute atomic E-state index is 11.7. The Kier molecular flexibility index (Phi) is 6.17. The number of benzene rings is 1. The molecule has 0 aromatic heterocycles. The summed E-state index contributed by atoms with van der Waals surface area (Å²) in [5.74, 6) is -0.917.